The molecule has 8 atom stereocenters. The lowest BCUT2D eigenvalue weighted by Crippen LogP contribution is -2.55. The van der Waals surface area contributed by atoms with E-state index in [2.05, 4.69) is 20.8 Å². The van der Waals surface area contributed by atoms with Gasteiger partial charge in [-0.05, 0) is 131 Å². The molecule has 0 bridgehead atoms. The van der Waals surface area contributed by atoms with Crippen LogP contribution in [0.25, 0.3) is 0 Å². The van der Waals surface area contributed by atoms with Crippen LogP contribution in [0.2, 0.25) is 0 Å². The molecule has 1 saturated heterocycles. The van der Waals surface area contributed by atoms with Crippen molar-refractivity contribution >= 4 is 0 Å². The zero-order chi connectivity index (χ0) is 23.9. The Labute approximate surface area is 204 Å². The summed E-state index contributed by atoms with van der Waals surface area (Å²) < 4.78 is 5.46. The number of ether oxygens (including phenoxy) is 1. The van der Waals surface area contributed by atoms with Gasteiger partial charge in [-0.1, -0.05) is 34.1 Å². The molecule has 4 aliphatic carbocycles. The summed E-state index contributed by atoms with van der Waals surface area (Å²) >= 11 is 0. The summed E-state index contributed by atoms with van der Waals surface area (Å²) in [6, 6.07) is 0. The molecule has 3 heteroatoms. The first-order valence-corrected chi connectivity index (χ1v) is 14.7. The maximum atomic E-state index is 10.9. The van der Waals surface area contributed by atoms with E-state index >= 15 is 0 Å². The third-order valence-electron chi connectivity index (χ3n) is 11.8. The number of fused-ring (bicyclic) bond motifs is 5. The second kappa shape index (κ2) is 9.74. The van der Waals surface area contributed by atoms with Crippen molar-refractivity contribution in [3.63, 3.8) is 0 Å². The quantitative estimate of drug-likeness (QED) is 0.467. The first-order chi connectivity index (χ1) is 15.7. The van der Waals surface area contributed by atoms with Gasteiger partial charge in [0, 0.05) is 13.2 Å². The third-order valence-corrected chi connectivity index (χ3v) is 11.8. The zero-order valence-electron chi connectivity index (χ0n) is 22.5. The van der Waals surface area contributed by atoms with Crippen molar-refractivity contribution in [3.8, 4) is 0 Å². The Morgan fingerprint density at radius 2 is 1.45 bits per heavy atom. The highest BCUT2D eigenvalue weighted by Crippen LogP contribution is 2.68. The van der Waals surface area contributed by atoms with Crippen LogP contribution in [-0.4, -0.2) is 34.6 Å². The van der Waals surface area contributed by atoms with E-state index in [9.17, 15) is 10.2 Å². The second-order valence-corrected chi connectivity index (χ2v) is 13.4. The van der Waals surface area contributed by atoms with Crippen LogP contribution >= 0.6 is 0 Å². The van der Waals surface area contributed by atoms with Crippen LogP contribution in [-0.2, 0) is 4.74 Å². The molecule has 5 rings (SSSR count). The van der Waals surface area contributed by atoms with E-state index in [1.165, 1.54) is 57.8 Å². The first-order valence-electron chi connectivity index (χ1n) is 14.7. The van der Waals surface area contributed by atoms with E-state index in [0.29, 0.717) is 10.8 Å². The van der Waals surface area contributed by atoms with Gasteiger partial charge >= 0.3 is 0 Å². The molecule has 0 aromatic rings. The van der Waals surface area contributed by atoms with E-state index in [1.807, 2.05) is 13.8 Å². The topological polar surface area (TPSA) is 49.7 Å². The number of rotatable bonds is 4. The van der Waals surface area contributed by atoms with Gasteiger partial charge in [0.15, 0.2) is 0 Å². The standard InChI is InChI=1S/C28H48O3.C2H6/c1-25(29)13-14-27(3)21(19-25)6-8-22-23-9-7-20(26(23,2)12-10-24(22)27)5-4-11-28(30)15-17-31-18-16-28;1-2/h20-24,29-30H,4-19H2,1-3H3;1-2H3/t20?,21?,22?,23?,24?,25-,26?,27?;/m0./s1. The Bertz CT molecular complexity index is 653. The van der Waals surface area contributed by atoms with Crippen LogP contribution in [0.4, 0.5) is 0 Å². The number of hydrogen-bond donors (Lipinski definition) is 2. The number of aliphatic hydroxyl groups is 2. The molecular weight excluding hydrogens is 408 g/mol. The predicted molar refractivity (Wildman–Crippen MR) is 136 cm³/mol. The molecule has 5 aliphatic rings. The maximum absolute atomic E-state index is 10.9. The minimum Gasteiger partial charge on any atom is -0.390 e. The SMILES string of the molecule is CC.CC12CCC3C(CCC4C[C@@](C)(O)CCC43C)C1CCC2CCCC1(O)CCOCC1. The Balaban J connectivity index is 0.00000126. The molecule has 1 aliphatic heterocycles. The molecule has 0 spiro atoms. The largest absolute Gasteiger partial charge is 0.390 e. The van der Waals surface area contributed by atoms with E-state index in [1.54, 1.807) is 0 Å². The maximum Gasteiger partial charge on any atom is 0.0691 e. The summed E-state index contributed by atoms with van der Waals surface area (Å²) in [5, 5.41) is 21.6. The van der Waals surface area contributed by atoms with Gasteiger partial charge in [0.05, 0.1) is 11.2 Å². The summed E-state index contributed by atoms with van der Waals surface area (Å²) in [6.45, 7) is 12.8. The van der Waals surface area contributed by atoms with Crippen LogP contribution in [0.1, 0.15) is 125 Å². The molecule has 33 heavy (non-hydrogen) atoms. The smallest absolute Gasteiger partial charge is 0.0691 e. The summed E-state index contributed by atoms with van der Waals surface area (Å²) in [5.74, 6) is 4.33. The van der Waals surface area contributed by atoms with Gasteiger partial charge in [-0.3, -0.25) is 0 Å². The molecule has 1 heterocycles. The molecule has 7 unspecified atom stereocenters. The van der Waals surface area contributed by atoms with Crippen molar-refractivity contribution in [2.45, 2.75) is 136 Å². The lowest BCUT2D eigenvalue weighted by Gasteiger charge is -2.62. The third kappa shape index (κ3) is 4.82. The summed E-state index contributed by atoms with van der Waals surface area (Å²) in [4.78, 5) is 0. The van der Waals surface area contributed by atoms with Crippen molar-refractivity contribution in [1.82, 2.24) is 0 Å². The minimum absolute atomic E-state index is 0.423. The number of hydrogen-bond acceptors (Lipinski definition) is 3. The van der Waals surface area contributed by atoms with Gasteiger partial charge in [0.1, 0.15) is 0 Å². The van der Waals surface area contributed by atoms with Crippen LogP contribution in [0.15, 0.2) is 0 Å². The first kappa shape index (κ1) is 26.0. The lowest BCUT2D eigenvalue weighted by molar-refractivity contribution is -0.146. The molecule has 0 aromatic carbocycles. The van der Waals surface area contributed by atoms with Gasteiger partial charge in [0.2, 0.25) is 0 Å². The normalized spacial score (nSPS) is 48.6. The monoisotopic (exact) mass is 462 g/mol. The van der Waals surface area contributed by atoms with Gasteiger partial charge in [-0.25, -0.2) is 0 Å². The van der Waals surface area contributed by atoms with E-state index in [0.717, 1.165) is 74.9 Å². The molecule has 5 fully saturated rings. The fourth-order valence-electron chi connectivity index (χ4n) is 9.69. The fraction of sp³-hybridized carbons (Fsp3) is 1.00. The van der Waals surface area contributed by atoms with Gasteiger partial charge in [-0.2, -0.15) is 0 Å². The van der Waals surface area contributed by atoms with Crippen molar-refractivity contribution in [1.29, 1.82) is 0 Å². The Morgan fingerprint density at radius 3 is 2.18 bits per heavy atom. The van der Waals surface area contributed by atoms with Crippen LogP contribution in [0.5, 0.6) is 0 Å². The molecular formula is C30H54O3. The average molecular weight is 463 g/mol. The van der Waals surface area contributed by atoms with Crippen LogP contribution in [0, 0.1) is 40.4 Å². The highest BCUT2D eigenvalue weighted by Gasteiger charge is 2.60. The molecule has 0 amide bonds. The van der Waals surface area contributed by atoms with Crippen molar-refractivity contribution in [3.05, 3.63) is 0 Å². The second-order valence-electron chi connectivity index (χ2n) is 13.4. The van der Waals surface area contributed by atoms with E-state index < -0.39 is 11.2 Å². The molecule has 0 radical (unpaired) electrons. The molecule has 4 saturated carbocycles. The highest BCUT2D eigenvalue weighted by atomic mass is 16.5. The molecule has 192 valence electrons. The summed E-state index contributed by atoms with van der Waals surface area (Å²) in [6.07, 6.45) is 16.9. The van der Waals surface area contributed by atoms with E-state index in [4.69, 9.17) is 4.74 Å². The van der Waals surface area contributed by atoms with Gasteiger partial charge < -0.3 is 14.9 Å². The Kier molecular flexibility index (Phi) is 7.66. The molecule has 2 N–H and O–H groups in total. The minimum atomic E-state index is -0.454. The van der Waals surface area contributed by atoms with Crippen molar-refractivity contribution < 1.29 is 14.9 Å². The van der Waals surface area contributed by atoms with Crippen molar-refractivity contribution in [2.24, 2.45) is 40.4 Å². The van der Waals surface area contributed by atoms with Gasteiger partial charge in [-0.15, -0.1) is 0 Å². The molecule has 0 aromatic heterocycles. The van der Waals surface area contributed by atoms with Crippen LogP contribution in [0.3, 0.4) is 0 Å². The van der Waals surface area contributed by atoms with E-state index in [-0.39, 0.29) is 0 Å². The summed E-state index contributed by atoms with van der Waals surface area (Å²) in [7, 11) is 0. The van der Waals surface area contributed by atoms with Crippen LogP contribution < -0.4 is 0 Å². The highest BCUT2D eigenvalue weighted by molar-refractivity contribution is 5.10. The summed E-state index contributed by atoms with van der Waals surface area (Å²) in [5.41, 5.74) is 0.122. The van der Waals surface area contributed by atoms with Gasteiger partial charge in [0.25, 0.3) is 0 Å². The van der Waals surface area contributed by atoms with Crippen molar-refractivity contribution in [2.75, 3.05) is 13.2 Å². The Hall–Kier alpha value is -0.120. The average Bonchev–Trinajstić information content (AvgIpc) is 3.12. The Morgan fingerprint density at radius 1 is 0.758 bits per heavy atom. The molecule has 3 nitrogen and oxygen atoms in total. The zero-order valence-corrected chi connectivity index (χ0v) is 22.5. The lowest BCUT2D eigenvalue weighted by atomic mass is 9.44. The predicted octanol–water partition coefficient (Wildman–Crippen LogP) is 7.13. The fourth-order valence-corrected chi connectivity index (χ4v) is 9.69.